The molecule has 1 aliphatic rings. The smallest absolute Gasteiger partial charge is 0.416 e. The highest BCUT2D eigenvalue weighted by Gasteiger charge is 2.48. The highest BCUT2D eigenvalue weighted by molar-refractivity contribution is 6.34. The summed E-state index contributed by atoms with van der Waals surface area (Å²) in [5.74, 6) is -2.35. The second-order valence-electron chi connectivity index (χ2n) is 6.59. The molecule has 1 unspecified atom stereocenters. The summed E-state index contributed by atoms with van der Waals surface area (Å²) in [5, 5.41) is 0. The highest BCUT2D eigenvalue weighted by atomic mass is 19.4. The number of ether oxygens (including phenoxy) is 1. The molecule has 2 aromatic carbocycles. The van der Waals surface area contributed by atoms with E-state index in [1.54, 1.807) is 6.92 Å². The summed E-state index contributed by atoms with van der Waals surface area (Å²) in [7, 11) is 0. The lowest BCUT2D eigenvalue weighted by Crippen LogP contribution is -2.41. The standard InChI is InChI=1S/C21H19F3O3/c1-2-27-20(26)19(25)17-12-16(18(17)14-6-4-3-5-7-14)13-8-10-15(11-9-13)21(22,23)24/h3-11,16-18H,2,12H2,1H3/t16?,17-,18-/m1/s1. The largest absolute Gasteiger partial charge is 0.460 e. The Hall–Kier alpha value is -2.63. The first-order valence-electron chi connectivity index (χ1n) is 8.76. The zero-order valence-corrected chi connectivity index (χ0v) is 14.7. The monoisotopic (exact) mass is 376 g/mol. The van der Waals surface area contributed by atoms with Crippen molar-refractivity contribution in [3.63, 3.8) is 0 Å². The number of ketones is 1. The van der Waals surface area contributed by atoms with Crippen LogP contribution in [-0.2, 0) is 20.5 Å². The third-order valence-corrected chi connectivity index (χ3v) is 5.04. The van der Waals surface area contributed by atoms with Gasteiger partial charge in [-0.05, 0) is 42.5 Å². The van der Waals surface area contributed by atoms with Crippen molar-refractivity contribution < 1.29 is 27.5 Å². The van der Waals surface area contributed by atoms with E-state index in [0.717, 1.165) is 23.3 Å². The summed E-state index contributed by atoms with van der Waals surface area (Å²) < 4.78 is 43.2. The first-order valence-corrected chi connectivity index (χ1v) is 8.76. The van der Waals surface area contributed by atoms with Crippen molar-refractivity contribution in [2.75, 3.05) is 6.61 Å². The number of esters is 1. The third-order valence-electron chi connectivity index (χ3n) is 5.04. The van der Waals surface area contributed by atoms with Crippen molar-refractivity contribution in [2.24, 2.45) is 5.92 Å². The number of carbonyl (C=O) groups excluding carboxylic acids is 2. The number of hydrogen-bond donors (Lipinski definition) is 0. The van der Waals surface area contributed by atoms with Gasteiger partial charge in [-0.15, -0.1) is 0 Å². The molecule has 0 radical (unpaired) electrons. The Labute approximate surface area is 155 Å². The van der Waals surface area contributed by atoms with Crippen LogP contribution in [0, 0.1) is 5.92 Å². The highest BCUT2D eigenvalue weighted by Crippen LogP contribution is 2.54. The number of benzene rings is 2. The van der Waals surface area contributed by atoms with Gasteiger partial charge in [-0.1, -0.05) is 42.5 Å². The van der Waals surface area contributed by atoms with Crippen LogP contribution in [0.3, 0.4) is 0 Å². The molecule has 0 heterocycles. The zero-order valence-electron chi connectivity index (χ0n) is 14.7. The fourth-order valence-electron chi connectivity index (χ4n) is 3.68. The maximum atomic E-state index is 12.8. The molecule has 1 fully saturated rings. The summed E-state index contributed by atoms with van der Waals surface area (Å²) in [5.41, 5.74) is 0.905. The molecule has 3 nitrogen and oxygen atoms in total. The van der Waals surface area contributed by atoms with Gasteiger partial charge in [-0.3, -0.25) is 4.79 Å². The van der Waals surface area contributed by atoms with Gasteiger partial charge in [-0.25, -0.2) is 4.79 Å². The van der Waals surface area contributed by atoms with Crippen LogP contribution in [0.5, 0.6) is 0 Å². The van der Waals surface area contributed by atoms with Crippen molar-refractivity contribution in [1.82, 2.24) is 0 Å². The fourth-order valence-corrected chi connectivity index (χ4v) is 3.68. The number of rotatable bonds is 5. The molecular weight excluding hydrogens is 357 g/mol. The third kappa shape index (κ3) is 3.89. The molecule has 0 aliphatic heterocycles. The SMILES string of the molecule is CCOC(=O)C(=O)[C@@H]1CC(c2ccc(C(F)(F)F)cc2)[C@H]1c1ccccc1. The van der Waals surface area contributed by atoms with E-state index in [2.05, 4.69) is 0 Å². The van der Waals surface area contributed by atoms with E-state index in [0.29, 0.717) is 6.42 Å². The molecule has 1 saturated carbocycles. The molecule has 0 N–H and O–H groups in total. The van der Waals surface area contributed by atoms with Crippen LogP contribution < -0.4 is 0 Å². The Morgan fingerprint density at radius 2 is 1.63 bits per heavy atom. The van der Waals surface area contributed by atoms with Gasteiger partial charge in [0.15, 0.2) is 0 Å². The van der Waals surface area contributed by atoms with E-state index in [1.807, 2.05) is 30.3 Å². The molecule has 2 aromatic rings. The molecule has 3 rings (SSSR count). The predicted octanol–water partition coefficient (Wildman–Crippen LogP) is 4.72. The number of halogens is 3. The summed E-state index contributed by atoms with van der Waals surface area (Å²) in [6.45, 7) is 1.75. The first-order chi connectivity index (χ1) is 12.8. The maximum absolute atomic E-state index is 12.8. The van der Waals surface area contributed by atoms with Crippen molar-refractivity contribution in [2.45, 2.75) is 31.4 Å². The van der Waals surface area contributed by atoms with Crippen LogP contribution in [0.15, 0.2) is 54.6 Å². The van der Waals surface area contributed by atoms with E-state index < -0.39 is 29.4 Å². The van der Waals surface area contributed by atoms with Crippen molar-refractivity contribution in [3.8, 4) is 0 Å². The second-order valence-corrected chi connectivity index (χ2v) is 6.59. The van der Waals surface area contributed by atoms with Gasteiger partial charge in [0.1, 0.15) is 0 Å². The van der Waals surface area contributed by atoms with Crippen LogP contribution in [0.4, 0.5) is 13.2 Å². The van der Waals surface area contributed by atoms with Gasteiger partial charge in [-0.2, -0.15) is 13.2 Å². The zero-order chi connectivity index (χ0) is 19.6. The number of carbonyl (C=O) groups is 2. The normalized spacial score (nSPS) is 22.0. The van der Waals surface area contributed by atoms with Crippen molar-refractivity contribution in [3.05, 3.63) is 71.3 Å². The van der Waals surface area contributed by atoms with Gasteiger partial charge in [0, 0.05) is 11.8 Å². The van der Waals surface area contributed by atoms with Gasteiger partial charge in [0.25, 0.3) is 0 Å². The Kier molecular flexibility index (Phi) is 5.35. The molecule has 142 valence electrons. The van der Waals surface area contributed by atoms with Crippen LogP contribution in [0.1, 0.15) is 41.9 Å². The van der Waals surface area contributed by atoms with E-state index >= 15 is 0 Å². The molecule has 0 bridgehead atoms. The fraction of sp³-hybridized carbons (Fsp3) is 0.333. The number of alkyl halides is 3. The average molecular weight is 376 g/mol. The van der Waals surface area contributed by atoms with Crippen molar-refractivity contribution in [1.29, 1.82) is 0 Å². The van der Waals surface area contributed by atoms with Crippen molar-refractivity contribution >= 4 is 11.8 Å². The molecule has 6 heteroatoms. The van der Waals surface area contributed by atoms with E-state index in [9.17, 15) is 22.8 Å². The lowest BCUT2D eigenvalue weighted by atomic mass is 9.58. The topological polar surface area (TPSA) is 43.4 Å². The quantitative estimate of drug-likeness (QED) is 0.560. The van der Waals surface area contributed by atoms with Crippen LogP contribution in [-0.4, -0.2) is 18.4 Å². The van der Waals surface area contributed by atoms with Gasteiger partial charge >= 0.3 is 12.1 Å². The van der Waals surface area contributed by atoms with Gasteiger partial charge < -0.3 is 4.74 Å². The Bertz CT molecular complexity index is 813. The molecule has 27 heavy (non-hydrogen) atoms. The summed E-state index contributed by atoms with van der Waals surface area (Å²) in [6.07, 6.45) is -3.98. The van der Waals surface area contributed by atoms with E-state index in [1.165, 1.54) is 12.1 Å². The molecule has 0 spiro atoms. The Balaban J connectivity index is 1.87. The minimum Gasteiger partial charge on any atom is -0.460 e. The summed E-state index contributed by atoms with van der Waals surface area (Å²) in [4.78, 5) is 24.3. The average Bonchev–Trinajstić information content (AvgIpc) is 2.61. The lowest BCUT2D eigenvalue weighted by molar-refractivity contribution is -0.157. The van der Waals surface area contributed by atoms with Crippen LogP contribution in [0.2, 0.25) is 0 Å². The Morgan fingerprint density at radius 1 is 1.00 bits per heavy atom. The molecule has 0 amide bonds. The molecule has 1 aliphatic carbocycles. The number of hydrogen-bond acceptors (Lipinski definition) is 3. The summed E-state index contributed by atoms with van der Waals surface area (Å²) >= 11 is 0. The predicted molar refractivity (Wildman–Crippen MR) is 93.1 cm³/mol. The molecule has 0 saturated heterocycles. The van der Waals surface area contributed by atoms with Crippen LogP contribution >= 0.6 is 0 Å². The first kappa shape index (κ1) is 19.1. The molecule has 0 aromatic heterocycles. The molecule has 3 atom stereocenters. The number of Topliss-reactive ketones (excluding diaryl/α,β-unsaturated/α-hetero) is 1. The minimum absolute atomic E-state index is 0.121. The van der Waals surface area contributed by atoms with Crippen LogP contribution in [0.25, 0.3) is 0 Å². The minimum atomic E-state index is -4.39. The maximum Gasteiger partial charge on any atom is 0.416 e. The van der Waals surface area contributed by atoms with E-state index in [-0.39, 0.29) is 18.4 Å². The van der Waals surface area contributed by atoms with E-state index in [4.69, 9.17) is 4.74 Å². The van der Waals surface area contributed by atoms with Gasteiger partial charge in [0.2, 0.25) is 5.78 Å². The second kappa shape index (κ2) is 7.55. The summed E-state index contributed by atoms with van der Waals surface area (Å²) in [6, 6.07) is 14.3. The van der Waals surface area contributed by atoms with Gasteiger partial charge in [0.05, 0.1) is 12.2 Å². The molecular formula is C21H19F3O3. The lowest BCUT2D eigenvalue weighted by Gasteiger charge is -2.44. The Morgan fingerprint density at radius 3 is 2.19 bits per heavy atom.